The summed E-state index contributed by atoms with van der Waals surface area (Å²) in [6.07, 6.45) is 1.27. The number of nitrogens with one attached hydrogen (secondary N) is 1. The van der Waals surface area contributed by atoms with Crippen molar-refractivity contribution in [2.75, 3.05) is 0 Å². The van der Waals surface area contributed by atoms with Crippen LogP contribution in [0.15, 0.2) is 30.3 Å². The van der Waals surface area contributed by atoms with E-state index in [1.807, 2.05) is 51.1 Å². The summed E-state index contributed by atoms with van der Waals surface area (Å²) in [5, 5.41) is 2.94. The normalized spacial score (nSPS) is 13.3. The van der Waals surface area contributed by atoms with Crippen LogP contribution in [0.25, 0.3) is 0 Å². The molecule has 4 heteroatoms. The first-order valence-electron chi connectivity index (χ1n) is 7.63. The van der Waals surface area contributed by atoms with E-state index in [-0.39, 0.29) is 17.9 Å². The molecule has 2 amide bonds. The molecule has 1 aromatic carbocycles. The number of rotatable bonds is 7. The largest absolute Gasteiger partial charge is 0.352 e. The molecule has 0 spiro atoms. The van der Waals surface area contributed by atoms with Gasteiger partial charge in [-0.25, -0.2) is 0 Å². The van der Waals surface area contributed by atoms with Gasteiger partial charge in [-0.1, -0.05) is 44.2 Å². The van der Waals surface area contributed by atoms with Gasteiger partial charge in [-0.15, -0.1) is 0 Å². The number of hydrogen-bond donors (Lipinski definition) is 1. The van der Waals surface area contributed by atoms with Crippen molar-refractivity contribution < 1.29 is 9.59 Å². The van der Waals surface area contributed by atoms with Crippen molar-refractivity contribution in [3.05, 3.63) is 35.9 Å². The Morgan fingerprint density at radius 1 is 1.14 bits per heavy atom. The summed E-state index contributed by atoms with van der Waals surface area (Å²) in [5.41, 5.74) is 1.03. The molecule has 4 nitrogen and oxygen atoms in total. The molecule has 0 heterocycles. The lowest BCUT2D eigenvalue weighted by molar-refractivity contribution is -0.140. The lowest BCUT2D eigenvalue weighted by Gasteiger charge is -2.29. The maximum Gasteiger partial charge on any atom is 0.242 e. The molecule has 0 saturated carbocycles. The van der Waals surface area contributed by atoms with Crippen molar-refractivity contribution in [2.24, 2.45) is 0 Å². The van der Waals surface area contributed by atoms with E-state index < -0.39 is 6.04 Å². The van der Waals surface area contributed by atoms with E-state index in [0.29, 0.717) is 13.0 Å². The molecule has 0 aliphatic carbocycles. The predicted molar refractivity (Wildman–Crippen MR) is 84.6 cm³/mol. The van der Waals surface area contributed by atoms with Crippen LogP contribution in [-0.4, -0.2) is 28.8 Å². The molecule has 21 heavy (non-hydrogen) atoms. The fraction of sp³-hybridized carbons (Fsp3) is 0.529. The van der Waals surface area contributed by atoms with E-state index >= 15 is 0 Å². The van der Waals surface area contributed by atoms with E-state index in [2.05, 4.69) is 5.32 Å². The van der Waals surface area contributed by atoms with Gasteiger partial charge in [0.25, 0.3) is 0 Å². The van der Waals surface area contributed by atoms with Crippen LogP contribution in [0.3, 0.4) is 0 Å². The number of nitrogens with zero attached hydrogens (tertiary/aromatic N) is 1. The Labute approximate surface area is 127 Å². The third-order valence-corrected chi connectivity index (χ3v) is 3.67. The molecule has 0 aliphatic rings. The lowest BCUT2D eigenvalue weighted by atomic mass is 10.1. The Bertz CT molecular complexity index is 459. The molecule has 1 rings (SSSR count). The van der Waals surface area contributed by atoms with Crippen molar-refractivity contribution in [1.29, 1.82) is 0 Å². The molecule has 1 aromatic rings. The summed E-state index contributed by atoms with van der Waals surface area (Å²) in [7, 11) is 0. The van der Waals surface area contributed by atoms with Gasteiger partial charge in [-0.05, 0) is 25.8 Å². The highest BCUT2D eigenvalue weighted by Gasteiger charge is 2.25. The van der Waals surface area contributed by atoms with Gasteiger partial charge >= 0.3 is 0 Å². The van der Waals surface area contributed by atoms with Gasteiger partial charge in [0.15, 0.2) is 0 Å². The zero-order chi connectivity index (χ0) is 15.8. The number of amides is 2. The molecule has 2 atom stereocenters. The second-order valence-corrected chi connectivity index (χ2v) is 5.35. The van der Waals surface area contributed by atoms with Crippen LogP contribution in [0.4, 0.5) is 0 Å². The van der Waals surface area contributed by atoms with Gasteiger partial charge in [0.2, 0.25) is 11.8 Å². The van der Waals surface area contributed by atoms with Crippen molar-refractivity contribution in [1.82, 2.24) is 10.2 Å². The second kappa shape index (κ2) is 8.45. The molecule has 0 aliphatic heterocycles. The van der Waals surface area contributed by atoms with Crippen LogP contribution in [-0.2, 0) is 16.1 Å². The van der Waals surface area contributed by atoms with Crippen molar-refractivity contribution in [2.45, 2.75) is 59.2 Å². The molecular weight excluding hydrogens is 264 g/mol. The van der Waals surface area contributed by atoms with Crippen LogP contribution in [0, 0.1) is 0 Å². The average molecular weight is 290 g/mol. The Morgan fingerprint density at radius 2 is 1.76 bits per heavy atom. The minimum absolute atomic E-state index is 0.00865. The number of benzene rings is 1. The maximum atomic E-state index is 12.3. The van der Waals surface area contributed by atoms with Gasteiger partial charge in [-0.2, -0.15) is 0 Å². The zero-order valence-corrected chi connectivity index (χ0v) is 13.4. The average Bonchev–Trinajstić information content (AvgIpc) is 2.51. The summed E-state index contributed by atoms with van der Waals surface area (Å²) in [6.45, 7) is 8.05. The summed E-state index contributed by atoms with van der Waals surface area (Å²) in [6, 6.07) is 9.41. The smallest absolute Gasteiger partial charge is 0.242 e. The standard InChI is InChI=1S/C17H26N2O2/c1-5-13(3)18-17(21)14(4)19(16(20)6-2)12-15-10-8-7-9-11-15/h7-11,13-14H,5-6,12H2,1-4H3,(H,18,21)/t13-,14+/m0/s1. The lowest BCUT2D eigenvalue weighted by Crippen LogP contribution is -2.49. The SMILES string of the molecule is CCC(=O)N(Cc1ccccc1)[C@H](C)C(=O)N[C@@H](C)CC. The summed E-state index contributed by atoms with van der Waals surface area (Å²) >= 11 is 0. The van der Waals surface area contributed by atoms with E-state index in [0.717, 1.165) is 12.0 Å². The minimum Gasteiger partial charge on any atom is -0.352 e. The topological polar surface area (TPSA) is 49.4 Å². The van der Waals surface area contributed by atoms with Gasteiger partial charge < -0.3 is 10.2 Å². The van der Waals surface area contributed by atoms with Gasteiger partial charge in [0.05, 0.1) is 0 Å². The third-order valence-electron chi connectivity index (χ3n) is 3.67. The fourth-order valence-electron chi connectivity index (χ4n) is 2.03. The molecule has 116 valence electrons. The third kappa shape index (κ3) is 5.21. The second-order valence-electron chi connectivity index (χ2n) is 5.35. The van der Waals surface area contributed by atoms with Crippen LogP contribution in [0.2, 0.25) is 0 Å². The quantitative estimate of drug-likeness (QED) is 0.839. The van der Waals surface area contributed by atoms with E-state index in [4.69, 9.17) is 0 Å². The van der Waals surface area contributed by atoms with Gasteiger partial charge in [-0.3, -0.25) is 9.59 Å². The molecule has 0 saturated heterocycles. The fourth-order valence-corrected chi connectivity index (χ4v) is 2.03. The first-order chi connectivity index (χ1) is 9.99. The zero-order valence-electron chi connectivity index (χ0n) is 13.4. The Kier molecular flexibility index (Phi) is 6.92. The van der Waals surface area contributed by atoms with Crippen molar-refractivity contribution in [3.63, 3.8) is 0 Å². The highest BCUT2D eigenvalue weighted by molar-refractivity contribution is 5.87. The van der Waals surface area contributed by atoms with Crippen LogP contribution < -0.4 is 5.32 Å². The predicted octanol–water partition coefficient (Wildman–Crippen LogP) is 2.73. The molecule has 0 aromatic heterocycles. The number of hydrogen-bond acceptors (Lipinski definition) is 2. The molecule has 0 unspecified atom stereocenters. The van der Waals surface area contributed by atoms with Gasteiger partial charge in [0.1, 0.15) is 6.04 Å². The van der Waals surface area contributed by atoms with Crippen molar-refractivity contribution >= 4 is 11.8 Å². The summed E-state index contributed by atoms with van der Waals surface area (Å²) in [4.78, 5) is 26.1. The molecule has 0 radical (unpaired) electrons. The Morgan fingerprint density at radius 3 is 2.29 bits per heavy atom. The number of carbonyl (C=O) groups excluding carboxylic acids is 2. The summed E-state index contributed by atoms with van der Waals surface area (Å²) < 4.78 is 0. The Balaban J connectivity index is 2.82. The van der Waals surface area contributed by atoms with Crippen LogP contribution >= 0.6 is 0 Å². The van der Waals surface area contributed by atoms with Crippen LogP contribution in [0.1, 0.15) is 46.1 Å². The highest BCUT2D eigenvalue weighted by Crippen LogP contribution is 2.11. The van der Waals surface area contributed by atoms with Gasteiger partial charge in [0, 0.05) is 19.0 Å². The van der Waals surface area contributed by atoms with Crippen molar-refractivity contribution in [3.8, 4) is 0 Å². The molecule has 1 N–H and O–H groups in total. The molecular formula is C17H26N2O2. The molecule has 0 bridgehead atoms. The highest BCUT2D eigenvalue weighted by atomic mass is 16.2. The van der Waals surface area contributed by atoms with E-state index in [9.17, 15) is 9.59 Å². The van der Waals surface area contributed by atoms with Crippen LogP contribution in [0.5, 0.6) is 0 Å². The summed E-state index contributed by atoms with van der Waals surface area (Å²) in [5.74, 6) is -0.104. The Hall–Kier alpha value is -1.84. The maximum absolute atomic E-state index is 12.3. The first kappa shape index (κ1) is 17.2. The monoisotopic (exact) mass is 290 g/mol. The minimum atomic E-state index is -0.466. The van der Waals surface area contributed by atoms with E-state index in [1.165, 1.54) is 0 Å². The molecule has 0 fully saturated rings. The number of carbonyl (C=O) groups is 2. The first-order valence-corrected chi connectivity index (χ1v) is 7.63. The van der Waals surface area contributed by atoms with E-state index in [1.54, 1.807) is 11.8 Å².